The van der Waals surface area contributed by atoms with Crippen molar-refractivity contribution in [2.75, 3.05) is 0 Å². The summed E-state index contributed by atoms with van der Waals surface area (Å²) in [4.78, 5) is 22.5. The largest absolute Gasteiger partial charge is 0.389 e. The summed E-state index contributed by atoms with van der Waals surface area (Å²) in [6, 6.07) is 3.60. The van der Waals surface area contributed by atoms with Gasteiger partial charge >= 0.3 is 11.4 Å². The summed E-state index contributed by atoms with van der Waals surface area (Å²) in [5.74, 6) is -0.610. The lowest BCUT2D eigenvalue weighted by Gasteiger charge is -2.04. The molecule has 17 heavy (non-hydrogen) atoms. The number of hydrogen-bond donors (Lipinski definition) is 3. The smallest absolute Gasteiger partial charge is 0.348 e. The van der Waals surface area contributed by atoms with Gasteiger partial charge in [0.15, 0.2) is 0 Å². The van der Waals surface area contributed by atoms with Crippen molar-refractivity contribution in [2.45, 2.75) is 0 Å². The van der Waals surface area contributed by atoms with Crippen LogP contribution in [0.5, 0.6) is 0 Å². The highest BCUT2D eigenvalue weighted by atomic mass is 32.1. The predicted molar refractivity (Wildman–Crippen MR) is 62.9 cm³/mol. The molecule has 2 rings (SSSR count). The lowest BCUT2D eigenvalue weighted by Crippen LogP contribution is -2.25. The highest BCUT2D eigenvalue weighted by Crippen LogP contribution is 2.11. The lowest BCUT2D eigenvalue weighted by atomic mass is 10.2. The fourth-order valence-electron chi connectivity index (χ4n) is 1.39. The minimum Gasteiger partial charge on any atom is -0.389 e. The second-order valence-electron chi connectivity index (χ2n) is 3.22. The summed E-state index contributed by atoms with van der Waals surface area (Å²) in [6.07, 6.45) is 0. The van der Waals surface area contributed by atoms with E-state index in [9.17, 15) is 14.0 Å². The lowest BCUT2D eigenvalue weighted by molar-refractivity contribution is 0.625. The molecule has 0 saturated heterocycles. The Morgan fingerprint density at radius 3 is 2.41 bits per heavy atom. The zero-order valence-electron chi connectivity index (χ0n) is 8.36. The molecule has 6 nitrogen and oxygen atoms in total. The van der Waals surface area contributed by atoms with Crippen molar-refractivity contribution in [3.05, 3.63) is 50.5 Å². The Kier molecular flexibility index (Phi) is 2.64. The van der Waals surface area contributed by atoms with E-state index in [2.05, 4.69) is 22.4 Å². The van der Waals surface area contributed by atoms with Crippen LogP contribution in [0.2, 0.25) is 0 Å². The van der Waals surface area contributed by atoms with Gasteiger partial charge in [-0.2, -0.15) is 0 Å². The van der Waals surface area contributed by atoms with Gasteiger partial charge in [-0.25, -0.2) is 28.7 Å². The number of nitrogens with two attached hydrogens (primary N) is 1. The summed E-state index contributed by atoms with van der Waals surface area (Å²) in [5, 5.41) is 4.22. The first-order valence-electron chi connectivity index (χ1n) is 4.50. The van der Waals surface area contributed by atoms with E-state index in [4.69, 9.17) is 5.73 Å². The summed E-state index contributed by atoms with van der Waals surface area (Å²) in [5.41, 5.74) is 4.17. The average Bonchev–Trinajstić information content (AvgIpc) is 2.59. The van der Waals surface area contributed by atoms with Crippen molar-refractivity contribution in [2.24, 2.45) is 5.73 Å². The molecule has 0 bridgehead atoms. The molecular weight excluding hydrogens is 247 g/mol. The van der Waals surface area contributed by atoms with Crippen LogP contribution in [-0.2, 0) is 0 Å². The zero-order chi connectivity index (χ0) is 12.6. The van der Waals surface area contributed by atoms with Crippen molar-refractivity contribution < 1.29 is 4.39 Å². The first-order valence-corrected chi connectivity index (χ1v) is 4.91. The molecule has 88 valence electrons. The van der Waals surface area contributed by atoms with E-state index in [1.54, 1.807) is 0 Å². The second-order valence-corrected chi connectivity index (χ2v) is 3.66. The van der Waals surface area contributed by atoms with E-state index in [1.165, 1.54) is 12.1 Å². The molecule has 1 aromatic heterocycles. The quantitative estimate of drug-likeness (QED) is 0.637. The number of H-pyrrole nitrogens is 2. The Labute approximate surface area is 98.9 Å². The van der Waals surface area contributed by atoms with Crippen molar-refractivity contribution in [3.8, 4) is 5.69 Å². The highest BCUT2D eigenvalue weighted by Gasteiger charge is 2.10. The summed E-state index contributed by atoms with van der Waals surface area (Å²) < 4.78 is 14.1. The molecule has 0 aliphatic rings. The topological polar surface area (TPSA) is 96.7 Å². The Balaban J connectivity index is 2.70. The molecule has 0 aliphatic carbocycles. The molecule has 1 heterocycles. The van der Waals surface area contributed by atoms with Crippen molar-refractivity contribution in [3.63, 3.8) is 0 Å². The second kappa shape index (κ2) is 3.98. The fourth-order valence-corrected chi connectivity index (χ4v) is 1.54. The van der Waals surface area contributed by atoms with E-state index >= 15 is 0 Å². The molecule has 0 unspecified atom stereocenters. The number of benzene rings is 1. The molecule has 0 aliphatic heterocycles. The van der Waals surface area contributed by atoms with Crippen LogP contribution in [0, 0.1) is 5.82 Å². The van der Waals surface area contributed by atoms with Crippen LogP contribution in [0.1, 0.15) is 5.56 Å². The van der Waals surface area contributed by atoms with Crippen LogP contribution in [0.15, 0.2) is 27.8 Å². The first kappa shape index (κ1) is 11.3. The number of halogens is 1. The Bertz CT molecular complexity index is 672. The molecule has 2 aromatic rings. The molecule has 0 spiro atoms. The summed E-state index contributed by atoms with van der Waals surface area (Å²) in [7, 11) is 0. The predicted octanol–water partition coefficient (Wildman–Crippen LogP) is -0.373. The zero-order valence-corrected chi connectivity index (χ0v) is 9.18. The van der Waals surface area contributed by atoms with Crippen LogP contribution in [0.25, 0.3) is 5.69 Å². The molecule has 0 amide bonds. The summed E-state index contributed by atoms with van der Waals surface area (Å²) in [6.45, 7) is 0. The normalized spacial score (nSPS) is 10.4. The van der Waals surface area contributed by atoms with Gasteiger partial charge in [-0.1, -0.05) is 12.2 Å². The van der Waals surface area contributed by atoms with E-state index in [0.717, 1.165) is 10.6 Å². The van der Waals surface area contributed by atoms with Gasteiger partial charge in [0.25, 0.3) is 0 Å². The number of rotatable bonds is 2. The third-order valence-electron chi connectivity index (χ3n) is 2.16. The first-order chi connectivity index (χ1) is 8.00. The van der Waals surface area contributed by atoms with Gasteiger partial charge < -0.3 is 5.73 Å². The average molecular weight is 254 g/mol. The Morgan fingerprint density at radius 1 is 1.29 bits per heavy atom. The maximum absolute atomic E-state index is 13.3. The van der Waals surface area contributed by atoms with Crippen molar-refractivity contribution >= 4 is 17.2 Å². The molecule has 0 fully saturated rings. The number of aromatic nitrogens is 3. The molecular formula is C9H7FN4O2S. The number of hydrogen-bond acceptors (Lipinski definition) is 3. The minimum absolute atomic E-state index is 0.0231. The maximum Gasteiger partial charge on any atom is 0.348 e. The molecule has 4 N–H and O–H groups in total. The SMILES string of the molecule is NC(=S)c1cc(-n2c(=O)[nH][nH]c2=O)ccc1F. The number of nitrogens with one attached hydrogen (secondary N) is 2. The Hall–Kier alpha value is -2.22. The van der Waals surface area contributed by atoms with Gasteiger partial charge in [-0.3, -0.25) is 0 Å². The van der Waals surface area contributed by atoms with Gasteiger partial charge in [0.05, 0.1) is 5.69 Å². The number of nitrogens with zero attached hydrogens (tertiary/aromatic N) is 1. The molecule has 0 atom stereocenters. The number of aromatic amines is 2. The Morgan fingerprint density at radius 2 is 1.88 bits per heavy atom. The van der Waals surface area contributed by atoms with Crippen LogP contribution < -0.4 is 17.1 Å². The monoisotopic (exact) mass is 254 g/mol. The van der Waals surface area contributed by atoms with E-state index in [0.29, 0.717) is 0 Å². The standard InChI is InChI=1S/C9H7FN4O2S/c10-6-2-1-4(3-5(6)7(11)17)14-8(15)12-13-9(14)16/h1-3H,(H2,11,17)(H,12,15)(H,13,16). The summed E-state index contributed by atoms with van der Waals surface area (Å²) >= 11 is 4.66. The van der Waals surface area contributed by atoms with E-state index in [-0.39, 0.29) is 16.2 Å². The van der Waals surface area contributed by atoms with Gasteiger partial charge in [-0.15, -0.1) is 0 Å². The van der Waals surface area contributed by atoms with Crippen LogP contribution in [0.3, 0.4) is 0 Å². The van der Waals surface area contributed by atoms with Gasteiger partial charge in [0, 0.05) is 5.56 Å². The molecule has 0 saturated carbocycles. The maximum atomic E-state index is 13.3. The van der Waals surface area contributed by atoms with Gasteiger partial charge in [-0.05, 0) is 18.2 Å². The van der Waals surface area contributed by atoms with Crippen molar-refractivity contribution in [1.82, 2.24) is 14.8 Å². The van der Waals surface area contributed by atoms with Gasteiger partial charge in [0.2, 0.25) is 0 Å². The third kappa shape index (κ3) is 1.89. The van der Waals surface area contributed by atoms with Crippen LogP contribution in [0.4, 0.5) is 4.39 Å². The van der Waals surface area contributed by atoms with E-state index < -0.39 is 17.2 Å². The third-order valence-corrected chi connectivity index (χ3v) is 2.38. The minimum atomic E-state index is -0.657. The van der Waals surface area contributed by atoms with Crippen LogP contribution >= 0.6 is 12.2 Å². The molecule has 0 radical (unpaired) electrons. The van der Waals surface area contributed by atoms with E-state index in [1.807, 2.05) is 0 Å². The molecule has 1 aromatic carbocycles. The van der Waals surface area contributed by atoms with Crippen molar-refractivity contribution in [1.29, 1.82) is 0 Å². The fraction of sp³-hybridized carbons (Fsp3) is 0. The highest BCUT2D eigenvalue weighted by molar-refractivity contribution is 7.80. The molecule has 8 heteroatoms. The van der Waals surface area contributed by atoms with Gasteiger partial charge in [0.1, 0.15) is 10.8 Å². The number of thiocarbonyl (C=S) groups is 1. The van der Waals surface area contributed by atoms with Crippen LogP contribution in [-0.4, -0.2) is 19.8 Å².